The molecule has 2 heteroatoms. The van der Waals surface area contributed by atoms with E-state index in [1.807, 2.05) is 20.9 Å². The highest BCUT2D eigenvalue weighted by Crippen LogP contribution is 2.32. The molecule has 0 aromatic rings. The summed E-state index contributed by atoms with van der Waals surface area (Å²) in [6.45, 7) is 12.9. The molecule has 0 aromatic heterocycles. The van der Waals surface area contributed by atoms with Crippen LogP contribution in [0.1, 0.15) is 48.0 Å². The van der Waals surface area contributed by atoms with E-state index in [4.69, 9.17) is 0 Å². The Balaban J connectivity index is 0.00000154. The lowest BCUT2D eigenvalue weighted by molar-refractivity contribution is 0.382. The normalized spacial score (nSPS) is 24.8. The smallest absolute Gasteiger partial charge is 0.131 e. The minimum absolute atomic E-state index is 0.102. The zero-order chi connectivity index (χ0) is 14.9. The fourth-order valence-corrected chi connectivity index (χ4v) is 1.63. The van der Waals surface area contributed by atoms with Gasteiger partial charge in [0.05, 0.1) is 0 Å². The molecule has 0 saturated heterocycles. The second-order valence-electron chi connectivity index (χ2n) is 4.95. The summed E-state index contributed by atoms with van der Waals surface area (Å²) >= 11 is 0. The molecule has 0 N–H and O–H groups in total. The zero-order valence-electron chi connectivity index (χ0n) is 13.6. The third-order valence-corrected chi connectivity index (χ3v) is 3.43. The maximum absolute atomic E-state index is 4.32. The monoisotopic (exact) mass is 262 g/mol. The molecule has 19 heavy (non-hydrogen) atoms. The standard InChI is InChI=1S/C15H24N2.C2H6/c1-6-7-11-17-12-10-15(4,13(2)3)9-8-14(17)16-5;1-2/h7-13H,6H2,1-5H3;1-2H3/b11-7-,16-14?;. The van der Waals surface area contributed by atoms with E-state index in [0.29, 0.717) is 5.92 Å². The minimum atomic E-state index is 0.102. The van der Waals surface area contributed by atoms with Gasteiger partial charge in [0.25, 0.3) is 0 Å². The molecule has 0 radical (unpaired) electrons. The van der Waals surface area contributed by atoms with Gasteiger partial charge in [0.1, 0.15) is 5.84 Å². The number of aliphatic imine (C=N–C) groups is 1. The quantitative estimate of drug-likeness (QED) is 0.698. The number of nitrogens with zero attached hydrogens (tertiary/aromatic N) is 2. The summed E-state index contributed by atoms with van der Waals surface area (Å²) in [5, 5.41) is 0. The maximum Gasteiger partial charge on any atom is 0.131 e. The third kappa shape index (κ3) is 5.06. The second kappa shape index (κ2) is 8.73. The highest BCUT2D eigenvalue weighted by molar-refractivity contribution is 5.94. The maximum atomic E-state index is 4.32. The molecule has 1 aliphatic rings. The van der Waals surface area contributed by atoms with E-state index in [0.717, 1.165) is 12.3 Å². The van der Waals surface area contributed by atoms with Gasteiger partial charge in [0.2, 0.25) is 0 Å². The Labute approximate surface area is 119 Å². The van der Waals surface area contributed by atoms with E-state index in [9.17, 15) is 0 Å². The highest BCUT2D eigenvalue weighted by atomic mass is 15.1. The first-order valence-corrected chi connectivity index (χ1v) is 7.34. The molecule has 0 saturated carbocycles. The fraction of sp³-hybridized carbons (Fsp3) is 0.588. The Kier molecular flexibility index (Phi) is 8.13. The van der Waals surface area contributed by atoms with Crippen LogP contribution in [0.15, 0.2) is 41.7 Å². The van der Waals surface area contributed by atoms with Gasteiger partial charge < -0.3 is 4.90 Å². The molecule has 0 amide bonds. The van der Waals surface area contributed by atoms with Gasteiger partial charge in [-0.15, -0.1) is 0 Å². The SMILES string of the molecule is CC.CC/C=C\N1C=CC(C)(C(C)C)C=CC1=NC. The number of hydrogen-bond donors (Lipinski definition) is 0. The summed E-state index contributed by atoms with van der Waals surface area (Å²) in [5.41, 5.74) is 0.102. The first-order chi connectivity index (χ1) is 9.03. The molecule has 0 bridgehead atoms. The van der Waals surface area contributed by atoms with Crippen molar-refractivity contribution in [3.8, 4) is 0 Å². The molecule has 1 rings (SSSR count). The molecule has 1 aliphatic heterocycles. The van der Waals surface area contributed by atoms with Gasteiger partial charge in [-0.1, -0.05) is 59.8 Å². The molecule has 0 spiro atoms. The van der Waals surface area contributed by atoms with Crippen LogP contribution in [0.5, 0.6) is 0 Å². The molecule has 0 aromatic carbocycles. The van der Waals surface area contributed by atoms with Crippen molar-refractivity contribution in [3.05, 3.63) is 36.7 Å². The van der Waals surface area contributed by atoms with Crippen molar-refractivity contribution in [1.29, 1.82) is 0 Å². The lowest BCUT2D eigenvalue weighted by Gasteiger charge is -2.25. The van der Waals surface area contributed by atoms with Crippen LogP contribution in [-0.2, 0) is 0 Å². The molecular weight excluding hydrogens is 232 g/mol. The van der Waals surface area contributed by atoms with Crippen molar-refractivity contribution in [2.75, 3.05) is 7.05 Å². The molecule has 1 unspecified atom stereocenters. The van der Waals surface area contributed by atoms with Gasteiger partial charge in [0, 0.05) is 24.9 Å². The van der Waals surface area contributed by atoms with Crippen LogP contribution in [0.4, 0.5) is 0 Å². The highest BCUT2D eigenvalue weighted by Gasteiger charge is 2.24. The Morgan fingerprint density at radius 2 is 1.95 bits per heavy atom. The van der Waals surface area contributed by atoms with Crippen LogP contribution in [-0.4, -0.2) is 17.8 Å². The molecule has 108 valence electrons. The van der Waals surface area contributed by atoms with E-state index in [1.165, 1.54) is 0 Å². The van der Waals surface area contributed by atoms with E-state index < -0.39 is 0 Å². The number of rotatable bonds is 3. The van der Waals surface area contributed by atoms with E-state index in [-0.39, 0.29) is 5.41 Å². The Morgan fingerprint density at radius 3 is 2.42 bits per heavy atom. The predicted octanol–water partition coefficient (Wildman–Crippen LogP) is 5.01. The summed E-state index contributed by atoms with van der Waals surface area (Å²) in [7, 11) is 1.83. The molecular formula is C17H30N2. The predicted molar refractivity (Wildman–Crippen MR) is 87.2 cm³/mol. The minimum Gasteiger partial charge on any atom is -0.310 e. The Morgan fingerprint density at radius 1 is 1.32 bits per heavy atom. The fourth-order valence-electron chi connectivity index (χ4n) is 1.63. The molecule has 1 heterocycles. The van der Waals surface area contributed by atoms with Gasteiger partial charge in [-0.3, -0.25) is 4.99 Å². The summed E-state index contributed by atoms with van der Waals surface area (Å²) in [6, 6.07) is 0. The van der Waals surface area contributed by atoms with Gasteiger partial charge in [-0.2, -0.15) is 0 Å². The van der Waals surface area contributed by atoms with Crippen molar-refractivity contribution in [2.45, 2.75) is 48.0 Å². The van der Waals surface area contributed by atoms with Gasteiger partial charge in [-0.05, 0) is 18.4 Å². The first-order valence-electron chi connectivity index (χ1n) is 7.34. The van der Waals surface area contributed by atoms with Gasteiger partial charge in [-0.25, -0.2) is 0 Å². The molecule has 1 atom stereocenters. The zero-order valence-corrected chi connectivity index (χ0v) is 13.6. The summed E-state index contributed by atoms with van der Waals surface area (Å²) in [6.07, 6.45) is 14.0. The number of allylic oxidation sites excluding steroid dienone is 3. The number of amidine groups is 1. The van der Waals surface area contributed by atoms with Crippen LogP contribution in [0, 0.1) is 11.3 Å². The summed E-state index contributed by atoms with van der Waals surface area (Å²) in [5.74, 6) is 1.55. The van der Waals surface area contributed by atoms with E-state index >= 15 is 0 Å². The van der Waals surface area contributed by atoms with Crippen molar-refractivity contribution >= 4 is 5.84 Å². The van der Waals surface area contributed by atoms with Crippen LogP contribution >= 0.6 is 0 Å². The van der Waals surface area contributed by atoms with Crippen molar-refractivity contribution < 1.29 is 0 Å². The lowest BCUT2D eigenvalue weighted by atomic mass is 9.79. The molecule has 2 nitrogen and oxygen atoms in total. The van der Waals surface area contributed by atoms with Crippen LogP contribution in [0.25, 0.3) is 0 Å². The van der Waals surface area contributed by atoms with Crippen molar-refractivity contribution in [3.63, 3.8) is 0 Å². The second-order valence-corrected chi connectivity index (χ2v) is 4.95. The van der Waals surface area contributed by atoms with Crippen LogP contribution < -0.4 is 0 Å². The van der Waals surface area contributed by atoms with Gasteiger partial charge >= 0.3 is 0 Å². The lowest BCUT2D eigenvalue weighted by Crippen LogP contribution is -2.17. The Bertz CT molecular complexity index is 361. The Hall–Kier alpha value is -1.31. The van der Waals surface area contributed by atoms with Gasteiger partial charge in [0.15, 0.2) is 0 Å². The number of hydrogen-bond acceptors (Lipinski definition) is 1. The average molecular weight is 262 g/mol. The first kappa shape index (κ1) is 17.7. The summed E-state index contributed by atoms with van der Waals surface area (Å²) in [4.78, 5) is 6.40. The topological polar surface area (TPSA) is 15.6 Å². The van der Waals surface area contributed by atoms with E-state index in [2.05, 4.69) is 74.3 Å². The molecule has 0 fully saturated rings. The molecule has 0 aliphatic carbocycles. The average Bonchev–Trinajstić information content (AvgIpc) is 2.59. The van der Waals surface area contributed by atoms with Crippen LogP contribution in [0.2, 0.25) is 0 Å². The van der Waals surface area contributed by atoms with Crippen LogP contribution in [0.3, 0.4) is 0 Å². The van der Waals surface area contributed by atoms with Crippen molar-refractivity contribution in [1.82, 2.24) is 4.90 Å². The summed E-state index contributed by atoms with van der Waals surface area (Å²) < 4.78 is 0. The van der Waals surface area contributed by atoms with Crippen molar-refractivity contribution in [2.24, 2.45) is 16.3 Å². The largest absolute Gasteiger partial charge is 0.310 e. The van der Waals surface area contributed by atoms with E-state index in [1.54, 1.807) is 0 Å². The third-order valence-electron chi connectivity index (χ3n) is 3.43.